The van der Waals surface area contributed by atoms with Gasteiger partial charge in [-0.2, -0.15) is 5.26 Å². The topological polar surface area (TPSA) is 90.3 Å². The van der Waals surface area contributed by atoms with E-state index in [0.717, 1.165) is 0 Å². The van der Waals surface area contributed by atoms with E-state index in [1.807, 2.05) is 6.07 Å². The van der Waals surface area contributed by atoms with Gasteiger partial charge in [-0.05, 0) is 31.0 Å². The quantitative estimate of drug-likeness (QED) is 0.902. The second kappa shape index (κ2) is 6.65. The molecule has 1 N–H and O–H groups in total. The second-order valence-electron chi connectivity index (χ2n) is 5.16. The molecule has 0 aromatic heterocycles. The molecule has 0 unspecified atom stereocenters. The van der Waals surface area contributed by atoms with Crippen LogP contribution in [-0.4, -0.2) is 38.4 Å². The Bertz CT molecular complexity index is 719. The molecule has 1 aliphatic heterocycles. The Morgan fingerprint density at radius 2 is 2.05 bits per heavy atom. The Kier molecular flexibility index (Phi) is 5.06. The van der Waals surface area contributed by atoms with Crippen LogP contribution in [0.2, 0.25) is 5.02 Å². The smallest absolute Gasteiger partial charge is 0.240 e. The van der Waals surface area contributed by atoms with Crippen molar-refractivity contribution in [3.63, 3.8) is 0 Å². The molecule has 22 heavy (non-hydrogen) atoms. The van der Waals surface area contributed by atoms with E-state index in [-0.39, 0.29) is 27.4 Å². The van der Waals surface area contributed by atoms with Gasteiger partial charge in [-0.1, -0.05) is 11.6 Å². The Balaban J connectivity index is 2.08. The molecule has 1 aromatic rings. The zero-order valence-corrected chi connectivity index (χ0v) is 13.6. The fraction of sp³-hybridized carbons (Fsp3) is 0.429. The molecular formula is C14H16ClN3O3S. The number of nitrogens with one attached hydrogen (secondary N) is 1. The lowest BCUT2D eigenvalue weighted by Gasteiger charge is -2.31. The third-order valence-electron chi connectivity index (χ3n) is 3.63. The van der Waals surface area contributed by atoms with Gasteiger partial charge in [-0.25, -0.2) is 13.1 Å². The van der Waals surface area contributed by atoms with Gasteiger partial charge in [-0.15, -0.1) is 0 Å². The van der Waals surface area contributed by atoms with Gasteiger partial charge in [0.1, 0.15) is 6.07 Å². The first-order chi connectivity index (χ1) is 10.3. The predicted molar refractivity (Wildman–Crippen MR) is 81.8 cm³/mol. The summed E-state index contributed by atoms with van der Waals surface area (Å²) >= 11 is 5.87. The first-order valence-corrected chi connectivity index (χ1v) is 8.67. The molecule has 1 amide bonds. The fourth-order valence-corrected chi connectivity index (χ4v) is 3.97. The highest BCUT2D eigenvalue weighted by atomic mass is 35.5. The Hall–Kier alpha value is -1.62. The van der Waals surface area contributed by atoms with Gasteiger partial charge in [0.15, 0.2) is 0 Å². The van der Waals surface area contributed by atoms with Crippen LogP contribution < -0.4 is 4.72 Å². The van der Waals surface area contributed by atoms with Crippen molar-refractivity contribution >= 4 is 27.5 Å². The summed E-state index contributed by atoms with van der Waals surface area (Å²) in [5.41, 5.74) is 0.232. The first-order valence-electron chi connectivity index (χ1n) is 6.81. The lowest BCUT2D eigenvalue weighted by molar-refractivity contribution is -0.129. The zero-order chi connectivity index (χ0) is 16.3. The standard InChI is InChI=1S/C14H16ClN3O3S/c1-10(19)18-6-4-12(5-7-18)17-22(20,21)13-3-2-11(9-16)14(15)8-13/h2-3,8,12,17H,4-7H2,1H3. The Morgan fingerprint density at radius 3 is 2.55 bits per heavy atom. The van der Waals surface area contributed by atoms with Gasteiger partial charge in [0, 0.05) is 26.1 Å². The molecule has 8 heteroatoms. The van der Waals surface area contributed by atoms with E-state index in [0.29, 0.717) is 25.9 Å². The van der Waals surface area contributed by atoms with Crippen molar-refractivity contribution in [1.29, 1.82) is 5.26 Å². The van der Waals surface area contributed by atoms with Crippen LogP contribution >= 0.6 is 11.6 Å². The lowest BCUT2D eigenvalue weighted by Crippen LogP contribution is -2.45. The summed E-state index contributed by atoms with van der Waals surface area (Å²) in [6.45, 7) is 2.58. The van der Waals surface area contributed by atoms with Crippen LogP contribution in [0.4, 0.5) is 0 Å². The number of piperidine rings is 1. The maximum Gasteiger partial charge on any atom is 0.240 e. The molecule has 0 bridgehead atoms. The highest BCUT2D eigenvalue weighted by molar-refractivity contribution is 7.89. The summed E-state index contributed by atoms with van der Waals surface area (Å²) in [7, 11) is -3.69. The number of nitriles is 1. The normalized spacial score (nSPS) is 16.3. The van der Waals surface area contributed by atoms with Gasteiger partial charge in [0.05, 0.1) is 15.5 Å². The van der Waals surface area contributed by atoms with Crippen molar-refractivity contribution in [3.05, 3.63) is 28.8 Å². The molecule has 6 nitrogen and oxygen atoms in total. The van der Waals surface area contributed by atoms with E-state index >= 15 is 0 Å². The monoisotopic (exact) mass is 341 g/mol. The molecule has 0 spiro atoms. The Morgan fingerprint density at radius 1 is 1.41 bits per heavy atom. The number of likely N-dealkylation sites (tertiary alicyclic amines) is 1. The van der Waals surface area contributed by atoms with Crippen molar-refractivity contribution < 1.29 is 13.2 Å². The third-order valence-corrected chi connectivity index (χ3v) is 5.46. The van der Waals surface area contributed by atoms with Crippen molar-refractivity contribution in [2.45, 2.75) is 30.7 Å². The minimum Gasteiger partial charge on any atom is -0.343 e. The Labute approximate surface area is 134 Å². The molecule has 1 fully saturated rings. The largest absolute Gasteiger partial charge is 0.343 e. The highest BCUT2D eigenvalue weighted by Crippen LogP contribution is 2.21. The van der Waals surface area contributed by atoms with Crippen molar-refractivity contribution in [3.8, 4) is 6.07 Å². The molecule has 0 radical (unpaired) electrons. The van der Waals surface area contributed by atoms with Gasteiger partial charge >= 0.3 is 0 Å². The number of sulfonamides is 1. The molecule has 1 aromatic carbocycles. The van der Waals surface area contributed by atoms with Gasteiger partial charge in [0.2, 0.25) is 15.9 Å². The maximum atomic E-state index is 12.3. The molecule has 0 atom stereocenters. The minimum absolute atomic E-state index is 0.000168. The van der Waals surface area contributed by atoms with Crippen molar-refractivity contribution in [1.82, 2.24) is 9.62 Å². The van der Waals surface area contributed by atoms with Crippen LogP contribution in [-0.2, 0) is 14.8 Å². The first kappa shape index (κ1) is 16.7. The van der Waals surface area contributed by atoms with E-state index in [1.54, 1.807) is 4.90 Å². The van der Waals surface area contributed by atoms with E-state index in [1.165, 1.54) is 25.1 Å². The van der Waals surface area contributed by atoms with Crippen LogP contribution in [0.5, 0.6) is 0 Å². The third kappa shape index (κ3) is 3.77. The zero-order valence-electron chi connectivity index (χ0n) is 12.0. The number of carbonyl (C=O) groups is 1. The number of halogens is 1. The van der Waals surface area contributed by atoms with Gasteiger partial charge in [0.25, 0.3) is 0 Å². The summed E-state index contributed by atoms with van der Waals surface area (Å²) in [6.07, 6.45) is 1.14. The van der Waals surface area contributed by atoms with Crippen LogP contribution in [0.25, 0.3) is 0 Å². The SMILES string of the molecule is CC(=O)N1CCC(NS(=O)(=O)c2ccc(C#N)c(Cl)c2)CC1. The summed E-state index contributed by atoms with van der Waals surface area (Å²) < 4.78 is 27.3. The van der Waals surface area contributed by atoms with Gasteiger partial charge in [-0.3, -0.25) is 4.79 Å². The van der Waals surface area contributed by atoms with E-state index in [4.69, 9.17) is 16.9 Å². The molecule has 2 rings (SSSR count). The average Bonchev–Trinajstić information content (AvgIpc) is 2.47. The molecular weight excluding hydrogens is 326 g/mol. The number of benzene rings is 1. The summed E-state index contributed by atoms with van der Waals surface area (Å²) in [5.74, 6) is 0.000168. The van der Waals surface area contributed by atoms with Crippen molar-refractivity contribution in [2.24, 2.45) is 0 Å². The molecule has 1 heterocycles. The van der Waals surface area contributed by atoms with E-state index in [9.17, 15) is 13.2 Å². The van der Waals surface area contributed by atoms with Crippen LogP contribution in [0.3, 0.4) is 0 Å². The van der Waals surface area contributed by atoms with E-state index < -0.39 is 10.0 Å². The number of amides is 1. The second-order valence-corrected chi connectivity index (χ2v) is 7.28. The number of nitrogens with zero attached hydrogens (tertiary/aromatic N) is 2. The lowest BCUT2D eigenvalue weighted by atomic mass is 10.1. The predicted octanol–water partition coefficient (Wildman–Crippen LogP) is 1.50. The molecule has 0 aliphatic carbocycles. The van der Waals surface area contributed by atoms with Crippen LogP contribution in [0, 0.1) is 11.3 Å². The van der Waals surface area contributed by atoms with E-state index in [2.05, 4.69) is 4.72 Å². The molecule has 1 saturated heterocycles. The number of hydrogen-bond acceptors (Lipinski definition) is 4. The summed E-state index contributed by atoms with van der Waals surface area (Å²) in [4.78, 5) is 13.0. The number of rotatable bonds is 3. The minimum atomic E-state index is -3.69. The fourth-order valence-electron chi connectivity index (χ4n) is 2.35. The number of hydrogen-bond donors (Lipinski definition) is 1. The summed E-state index contributed by atoms with van der Waals surface area (Å²) in [5, 5.41) is 8.92. The molecule has 118 valence electrons. The molecule has 0 saturated carbocycles. The van der Waals surface area contributed by atoms with Crippen LogP contribution in [0.1, 0.15) is 25.3 Å². The van der Waals surface area contributed by atoms with Crippen LogP contribution in [0.15, 0.2) is 23.1 Å². The average molecular weight is 342 g/mol. The maximum absolute atomic E-state index is 12.3. The molecule has 1 aliphatic rings. The van der Waals surface area contributed by atoms with Crippen molar-refractivity contribution in [2.75, 3.05) is 13.1 Å². The number of carbonyl (C=O) groups excluding carboxylic acids is 1. The highest BCUT2D eigenvalue weighted by Gasteiger charge is 2.25. The summed E-state index contributed by atoms with van der Waals surface area (Å²) in [6, 6.07) is 5.69. The van der Waals surface area contributed by atoms with Gasteiger partial charge < -0.3 is 4.90 Å².